The second-order valence-electron chi connectivity index (χ2n) is 4.53. The number of primary amides is 2. The van der Waals surface area contributed by atoms with Crippen molar-refractivity contribution in [2.45, 2.75) is 6.54 Å². The fraction of sp³-hybridized carbons (Fsp3) is 0.308. The highest BCUT2D eigenvalue weighted by molar-refractivity contribution is 5.93. The summed E-state index contributed by atoms with van der Waals surface area (Å²) in [7, 11) is 0. The Hall–Kier alpha value is -2.45. The summed E-state index contributed by atoms with van der Waals surface area (Å²) in [5.41, 5.74) is 17.1. The predicted octanol–water partition coefficient (Wildman–Crippen LogP) is -1.64. The van der Waals surface area contributed by atoms with Gasteiger partial charge in [-0.1, -0.05) is 12.1 Å². The number of benzene rings is 1. The molecule has 0 aromatic heterocycles. The van der Waals surface area contributed by atoms with Crippen molar-refractivity contribution in [3.05, 3.63) is 29.8 Å². The number of hydrogen-bond acceptors (Lipinski definition) is 5. The molecule has 0 unspecified atom stereocenters. The lowest BCUT2D eigenvalue weighted by Crippen LogP contribution is -2.43. The van der Waals surface area contributed by atoms with Crippen LogP contribution in [0.3, 0.4) is 0 Å². The molecule has 1 rings (SSSR count). The number of carbonyl (C=O) groups excluding carboxylic acids is 3. The van der Waals surface area contributed by atoms with Crippen LogP contribution in [0.2, 0.25) is 0 Å². The lowest BCUT2D eigenvalue weighted by Gasteiger charge is -2.18. The Labute approximate surface area is 122 Å². The molecule has 114 valence electrons. The molecule has 3 amide bonds. The Morgan fingerprint density at radius 2 is 1.67 bits per heavy atom. The molecule has 8 nitrogen and oxygen atoms in total. The fourth-order valence-corrected chi connectivity index (χ4v) is 1.79. The number of nitrogens with zero attached hydrogens (tertiary/aromatic N) is 1. The maximum absolute atomic E-state index is 11.9. The van der Waals surface area contributed by atoms with Gasteiger partial charge in [0.05, 0.1) is 19.6 Å². The van der Waals surface area contributed by atoms with Gasteiger partial charge in [-0.15, -0.1) is 0 Å². The zero-order valence-electron chi connectivity index (χ0n) is 11.5. The van der Waals surface area contributed by atoms with E-state index in [0.717, 1.165) is 5.56 Å². The van der Waals surface area contributed by atoms with Gasteiger partial charge in [0.15, 0.2) is 0 Å². The van der Waals surface area contributed by atoms with Crippen LogP contribution in [0.4, 0.5) is 5.69 Å². The summed E-state index contributed by atoms with van der Waals surface area (Å²) in [6.45, 7) is -0.254. The SMILES string of the molecule is NCc1cccc(NC(=O)CN(CC(N)=O)CC(N)=O)c1. The molecule has 1 aromatic rings. The molecular weight excluding hydrogens is 274 g/mol. The number of nitrogens with two attached hydrogens (primary N) is 3. The van der Waals surface area contributed by atoms with Crippen LogP contribution in [0.5, 0.6) is 0 Å². The molecule has 1 aromatic carbocycles. The second kappa shape index (κ2) is 7.98. The molecule has 8 heteroatoms. The number of amides is 3. The maximum atomic E-state index is 11.9. The van der Waals surface area contributed by atoms with Crippen LogP contribution in [-0.4, -0.2) is 42.3 Å². The first-order valence-electron chi connectivity index (χ1n) is 6.28. The van der Waals surface area contributed by atoms with E-state index in [-0.39, 0.29) is 25.5 Å². The smallest absolute Gasteiger partial charge is 0.238 e. The zero-order chi connectivity index (χ0) is 15.8. The highest BCUT2D eigenvalue weighted by Crippen LogP contribution is 2.10. The van der Waals surface area contributed by atoms with Crippen molar-refractivity contribution >= 4 is 23.4 Å². The van der Waals surface area contributed by atoms with Crippen molar-refractivity contribution in [3.8, 4) is 0 Å². The van der Waals surface area contributed by atoms with Crippen LogP contribution in [0.15, 0.2) is 24.3 Å². The summed E-state index contributed by atoms with van der Waals surface area (Å²) < 4.78 is 0. The summed E-state index contributed by atoms with van der Waals surface area (Å²) >= 11 is 0. The first-order valence-corrected chi connectivity index (χ1v) is 6.28. The first kappa shape index (κ1) is 16.6. The van der Waals surface area contributed by atoms with E-state index in [1.54, 1.807) is 18.2 Å². The number of rotatable bonds is 8. The van der Waals surface area contributed by atoms with Crippen molar-refractivity contribution in [2.24, 2.45) is 17.2 Å². The number of hydrogen-bond donors (Lipinski definition) is 4. The molecule has 21 heavy (non-hydrogen) atoms. The van der Waals surface area contributed by atoms with E-state index in [9.17, 15) is 14.4 Å². The Morgan fingerprint density at radius 1 is 1.05 bits per heavy atom. The molecule has 0 fully saturated rings. The maximum Gasteiger partial charge on any atom is 0.238 e. The van der Waals surface area contributed by atoms with Gasteiger partial charge in [0, 0.05) is 12.2 Å². The molecule has 0 bridgehead atoms. The molecule has 0 radical (unpaired) electrons. The number of carbonyl (C=O) groups is 3. The van der Waals surface area contributed by atoms with Gasteiger partial charge in [-0.3, -0.25) is 19.3 Å². The molecule has 0 spiro atoms. The van der Waals surface area contributed by atoms with Gasteiger partial charge in [0.25, 0.3) is 0 Å². The van der Waals surface area contributed by atoms with E-state index in [0.29, 0.717) is 12.2 Å². The monoisotopic (exact) mass is 293 g/mol. The molecular formula is C13H19N5O3. The summed E-state index contributed by atoms with van der Waals surface area (Å²) in [5.74, 6) is -1.67. The predicted molar refractivity (Wildman–Crippen MR) is 77.8 cm³/mol. The molecule has 0 atom stereocenters. The topological polar surface area (TPSA) is 145 Å². The van der Waals surface area contributed by atoms with Gasteiger partial charge in [0.2, 0.25) is 17.7 Å². The van der Waals surface area contributed by atoms with Crippen molar-refractivity contribution in [2.75, 3.05) is 25.0 Å². The van der Waals surface area contributed by atoms with Crippen LogP contribution < -0.4 is 22.5 Å². The molecule has 0 aliphatic rings. The van der Waals surface area contributed by atoms with Gasteiger partial charge < -0.3 is 22.5 Å². The van der Waals surface area contributed by atoms with Gasteiger partial charge >= 0.3 is 0 Å². The van der Waals surface area contributed by atoms with Crippen molar-refractivity contribution < 1.29 is 14.4 Å². The van der Waals surface area contributed by atoms with Crippen molar-refractivity contribution in [3.63, 3.8) is 0 Å². The normalized spacial score (nSPS) is 10.4. The molecule has 0 saturated heterocycles. The average Bonchev–Trinajstić information content (AvgIpc) is 2.37. The van der Waals surface area contributed by atoms with Crippen LogP contribution in [0, 0.1) is 0 Å². The summed E-state index contributed by atoms with van der Waals surface area (Å²) in [5, 5.41) is 2.65. The van der Waals surface area contributed by atoms with E-state index in [2.05, 4.69) is 5.32 Å². The molecule has 7 N–H and O–H groups in total. The van der Waals surface area contributed by atoms with E-state index in [1.807, 2.05) is 6.07 Å². The van der Waals surface area contributed by atoms with Crippen molar-refractivity contribution in [1.82, 2.24) is 4.90 Å². The minimum absolute atomic E-state index is 0.168. The van der Waals surface area contributed by atoms with Gasteiger partial charge in [0.1, 0.15) is 0 Å². The standard InChI is InChI=1S/C13H19N5O3/c14-5-9-2-1-3-10(4-9)17-13(21)8-18(6-11(15)19)7-12(16)20/h1-4H,5-8,14H2,(H2,15,19)(H2,16,20)(H,17,21). The molecule has 0 aliphatic heterocycles. The van der Waals surface area contributed by atoms with E-state index < -0.39 is 11.8 Å². The van der Waals surface area contributed by atoms with E-state index >= 15 is 0 Å². The third-order valence-corrected chi connectivity index (χ3v) is 2.57. The zero-order valence-corrected chi connectivity index (χ0v) is 11.5. The minimum atomic E-state index is -0.644. The minimum Gasteiger partial charge on any atom is -0.369 e. The van der Waals surface area contributed by atoms with Gasteiger partial charge in [-0.05, 0) is 17.7 Å². The third kappa shape index (κ3) is 6.50. The first-order chi connectivity index (χ1) is 9.90. The van der Waals surface area contributed by atoms with E-state index in [4.69, 9.17) is 17.2 Å². The largest absolute Gasteiger partial charge is 0.369 e. The number of anilines is 1. The summed E-state index contributed by atoms with van der Waals surface area (Å²) in [4.78, 5) is 35.0. The van der Waals surface area contributed by atoms with Crippen molar-refractivity contribution in [1.29, 1.82) is 0 Å². The Kier molecular flexibility index (Phi) is 6.31. The second-order valence-corrected chi connectivity index (χ2v) is 4.53. The Bertz CT molecular complexity index is 516. The summed E-state index contributed by atoms with van der Waals surface area (Å²) in [6.07, 6.45) is 0. The fourth-order valence-electron chi connectivity index (χ4n) is 1.79. The lowest BCUT2D eigenvalue weighted by atomic mass is 10.2. The Morgan fingerprint density at radius 3 is 2.19 bits per heavy atom. The third-order valence-electron chi connectivity index (χ3n) is 2.57. The molecule has 0 aliphatic carbocycles. The molecule has 0 saturated carbocycles. The highest BCUT2D eigenvalue weighted by Gasteiger charge is 2.15. The highest BCUT2D eigenvalue weighted by atomic mass is 16.2. The lowest BCUT2D eigenvalue weighted by molar-refractivity contribution is -0.123. The average molecular weight is 293 g/mol. The summed E-state index contributed by atoms with van der Waals surface area (Å²) in [6, 6.07) is 7.05. The van der Waals surface area contributed by atoms with Crippen LogP contribution in [0.25, 0.3) is 0 Å². The van der Waals surface area contributed by atoms with E-state index in [1.165, 1.54) is 4.90 Å². The van der Waals surface area contributed by atoms with Crippen LogP contribution in [0.1, 0.15) is 5.56 Å². The van der Waals surface area contributed by atoms with Gasteiger partial charge in [-0.2, -0.15) is 0 Å². The van der Waals surface area contributed by atoms with Crippen LogP contribution >= 0.6 is 0 Å². The quantitative estimate of drug-likeness (QED) is 0.454. The van der Waals surface area contributed by atoms with Gasteiger partial charge in [-0.25, -0.2) is 0 Å². The Balaban J connectivity index is 2.63. The van der Waals surface area contributed by atoms with Crippen LogP contribution in [-0.2, 0) is 20.9 Å². The number of nitrogens with one attached hydrogen (secondary N) is 1. The molecule has 0 heterocycles.